The molecular formula is C11H19NO. The van der Waals surface area contributed by atoms with Crippen molar-refractivity contribution in [2.24, 2.45) is 0 Å². The maximum Gasteiger partial charge on any atom is 0.213 e. The lowest BCUT2D eigenvalue weighted by Gasteiger charge is -1.96. The van der Waals surface area contributed by atoms with Crippen molar-refractivity contribution < 1.29 is 4.74 Å². The quantitative estimate of drug-likeness (QED) is 0.620. The standard InChI is InChI=1S/C7H9NO.C2H6.C2H4/c1-6-4-3-5-7(8-6)9-2;2*1-2/h3-5H,1-2H3;1-2H3;1-2H2. The van der Waals surface area contributed by atoms with Gasteiger partial charge in [0, 0.05) is 11.8 Å². The Morgan fingerprint density at radius 2 is 1.77 bits per heavy atom. The lowest BCUT2D eigenvalue weighted by atomic mass is 10.4. The molecule has 1 rings (SSSR count). The zero-order valence-electron chi connectivity index (χ0n) is 9.00. The van der Waals surface area contributed by atoms with Crippen LogP contribution in [0.1, 0.15) is 19.5 Å². The van der Waals surface area contributed by atoms with Gasteiger partial charge in [0.1, 0.15) is 0 Å². The highest BCUT2D eigenvalue weighted by atomic mass is 16.5. The molecule has 1 aromatic heterocycles. The minimum atomic E-state index is 0.676. The van der Waals surface area contributed by atoms with Crippen LogP contribution >= 0.6 is 0 Å². The highest BCUT2D eigenvalue weighted by Crippen LogP contribution is 2.04. The Morgan fingerprint density at radius 3 is 2.08 bits per heavy atom. The topological polar surface area (TPSA) is 22.1 Å². The summed E-state index contributed by atoms with van der Waals surface area (Å²) >= 11 is 0. The Balaban J connectivity index is 0. The summed E-state index contributed by atoms with van der Waals surface area (Å²) in [6, 6.07) is 5.68. The third-order valence-electron chi connectivity index (χ3n) is 1.07. The molecule has 0 radical (unpaired) electrons. The molecular weight excluding hydrogens is 162 g/mol. The van der Waals surface area contributed by atoms with Gasteiger partial charge in [-0.15, -0.1) is 13.2 Å². The molecule has 0 fully saturated rings. The van der Waals surface area contributed by atoms with Crippen LogP contribution < -0.4 is 4.74 Å². The van der Waals surface area contributed by atoms with Crippen LogP contribution in [0.3, 0.4) is 0 Å². The average molecular weight is 181 g/mol. The average Bonchev–Trinajstić information content (AvgIpc) is 2.24. The lowest BCUT2D eigenvalue weighted by molar-refractivity contribution is 0.397. The number of aryl methyl sites for hydroxylation is 1. The molecule has 13 heavy (non-hydrogen) atoms. The van der Waals surface area contributed by atoms with Gasteiger partial charge in [-0.05, 0) is 13.0 Å². The van der Waals surface area contributed by atoms with E-state index in [0.717, 1.165) is 5.69 Å². The Labute approximate surface area is 81.3 Å². The number of hydrogen-bond donors (Lipinski definition) is 0. The van der Waals surface area contributed by atoms with E-state index in [1.54, 1.807) is 7.11 Å². The first-order valence-corrected chi connectivity index (χ1v) is 4.30. The van der Waals surface area contributed by atoms with Crippen LogP contribution in [0, 0.1) is 6.92 Å². The number of rotatable bonds is 1. The molecule has 0 unspecified atom stereocenters. The van der Waals surface area contributed by atoms with E-state index in [2.05, 4.69) is 18.1 Å². The smallest absolute Gasteiger partial charge is 0.213 e. The maximum atomic E-state index is 4.88. The summed E-state index contributed by atoms with van der Waals surface area (Å²) in [5.41, 5.74) is 0.981. The molecule has 0 aromatic carbocycles. The van der Waals surface area contributed by atoms with Gasteiger partial charge in [-0.3, -0.25) is 0 Å². The van der Waals surface area contributed by atoms with Crippen molar-refractivity contribution in [3.63, 3.8) is 0 Å². The first kappa shape index (κ1) is 14.2. The van der Waals surface area contributed by atoms with Crippen LogP contribution in [0.15, 0.2) is 31.4 Å². The molecule has 1 heterocycles. The van der Waals surface area contributed by atoms with Crippen molar-refractivity contribution in [2.45, 2.75) is 20.8 Å². The maximum absolute atomic E-state index is 4.88. The van der Waals surface area contributed by atoms with E-state index < -0.39 is 0 Å². The lowest BCUT2D eigenvalue weighted by Crippen LogP contribution is -1.87. The number of hydrogen-bond acceptors (Lipinski definition) is 2. The molecule has 0 saturated carbocycles. The third-order valence-corrected chi connectivity index (χ3v) is 1.07. The minimum Gasteiger partial charge on any atom is -0.481 e. The fraction of sp³-hybridized carbons (Fsp3) is 0.364. The SMILES string of the molecule is C=C.CC.COc1cccc(C)n1. The minimum absolute atomic E-state index is 0.676. The van der Waals surface area contributed by atoms with Crippen molar-refractivity contribution in [1.82, 2.24) is 4.98 Å². The van der Waals surface area contributed by atoms with Gasteiger partial charge in [-0.2, -0.15) is 0 Å². The normalized spacial score (nSPS) is 7.08. The van der Waals surface area contributed by atoms with Crippen LogP contribution in [0.2, 0.25) is 0 Å². The van der Waals surface area contributed by atoms with Gasteiger partial charge < -0.3 is 4.74 Å². The van der Waals surface area contributed by atoms with E-state index in [1.807, 2.05) is 39.0 Å². The van der Waals surface area contributed by atoms with E-state index in [1.165, 1.54) is 0 Å². The Bertz CT molecular complexity index is 211. The predicted octanol–water partition coefficient (Wildman–Crippen LogP) is 3.23. The molecule has 2 heteroatoms. The molecule has 0 saturated heterocycles. The predicted molar refractivity (Wildman–Crippen MR) is 58.1 cm³/mol. The zero-order chi connectivity index (χ0) is 10.7. The van der Waals surface area contributed by atoms with Crippen LogP contribution in [0.4, 0.5) is 0 Å². The van der Waals surface area contributed by atoms with Crippen LogP contribution in [-0.4, -0.2) is 12.1 Å². The van der Waals surface area contributed by atoms with Crippen molar-refractivity contribution in [3.05, 3.63) is 37.1 Å². The molecule has 0 N–H and O–H groups in total. The molecule has 0 bridgehead atoms. The molecule has 0 aliphatic rings. The number of pyridine rings is 1. The molecule has 0 aliphatic heterocycles. The zero-order valence-corrected chi connectivity index (χ0v) is 9.00. The van der Waals surface area contributed by atoms with Crippen molar-refractivity contribution >= 4 is 0 Å². The Morgan fingerprint density at radius 1 is 1.23 bits per heavy atom. The molecule has 0 aliphatic carbocycles. The number of ether oxygens (including phenoxy) is 1. The van der Waals surface area contributed by atoms with Crippen molar-refractivity contribution in [2.75, 3.05) is 7.11 Å². The second-order valence-electron chi connectivity index (χ2n) is 1.82. The number of nitrogens with zero attached hydrogens (tertiary/aromatic N) is 1. The number of methoxy groups -OCH3 is 1. The van der Waals surface area contributed by atoms with Crippen LogP contribution in [-0.2, 0) is 0 Å². The highest BCUT2D eigenvalue weighted by Gasteiger charge is 1.88. The van der Waals surface area contributed by atoms with Crippen molar-refractivity contribution in [1.29, 1.82) is 0 Å². The fourth-order valence-electron chi connectivity index (χ4n) is 0.632. The van der Waals surface area contributed by atoms with E-state index in [0.29, 0.717) is 5.88 Å². The number of aromatic nitrogens is 1. The molecule has 0 atom stereocenters. The molecule has 1 aromatic rings. The van der Waals surface area contributed by atoms with Gasteiger partial charge in [0.2, 0.25) is 5.88 Å². The summed E-state index contributed by atoms with van der Waals surface area (Å²) in [5.74, 6) is 0.676. The summed E-state index contributed by atoms with van der Waals surface area (Å²) in [6.07, 6.45) is 0. The molecule has 74 valence electrons. The van der Waals surface area contributed by atoms with Gasteiger partial charge in [0.15, 0.2) is 0 Å². The Hall–Kier alpha value is -1.31. The first-order valence-electron chi connectivity index (χ1n) is 4.30. The van der Waals surface area contributed by atoms with Crippen molar-refractivity contribution in [3.8, 4) is 5.88 Å². The van der Waals surface area contributed by atoms with Crippen LogP contribution in [0.25, 0.3) is 0 Å². The summed E-state index contributed by atoms with van der Waals surface area (Å²) in [5, 5.41) is 0. The largest absolute Gasteiger partial charge is 0.481 e. The van der Waals surface area contributed by atoms with E-state index >= 15 is 0 Å². The summed E-state index contributed by atoms with van der Waals surface area (Å²) in [7, 11) is 1.61. The summed E-state index contributed by atoms with van der Waals surface area (Å²) < 4.78 is 4.88. The highest BCUT2D eigenvalue weighted by molar-refractivity contribution is 5.14. The summed E-state index contributed by atoms with van der Waals surface area (Å²) in [6.45, 7) is 11.9. The monoisotopic (exact) mass is 181 g/mol. The van der Waals surface area contributed by atoms with E-state index in [-0.39, 0.29) is 0 Å². The van der Waals surface area contributed by atoms with Gasteiger partial charge in [0.25, 0.3) is 0 Å². The second-order valence-corrected chi connectivity index (χ2v) is 1.82. The van der Waals surface area contributed by atoms with Gasteiger partial charge in [-0.1, -0.05) is 19.9 Å². The van der Waals surface area contributed by atoms with Gasteiger partial charge >= 0.3 is 0 Å². The van der Waals surface area contributed by atoms with Gasteiger partial charge in [0.05, 0.1) is 7.11 Å². The molecule has 0 amide bonds. The van der Waals surface area contributed by atoms with Crippen LogP contribution in [0.5, 0.6) is 5.88 Å². The second kappa shape index (κ2) is 10.7. The van der Waals surface area contributed by atoms with E-state index in [4.69, 9.17) is 4.74 Å². The third kappa shape index (κ3) is 7.06. The van der Waals surface area contributed by atoms with E-state index in [9.17, 15) is 0 Å². The van der Waals surface area contributed by atoms with Gasteiger partial charge in [-0.25, -0.2) is 4.98 Å². The Kier molecular flexibility index (Phi) is 11.7. The summed E-state index contributed by atoms with van der Waals surface area (Å²) in [4.78, 5) is 4.07. The fourth-order valence-corrected chi connectivity index (χ4v) is 0.632. The molecule has 0 spiro atoms. The molecule has 2 nitrogen and oxygen atoms in total. The first-order chi connectivity index (χ1) is 6.33.